The molecule has 0 aliphatic carbocycles. The van der Waals surface area contributed by atoms with Crippen molar-refractivity contribution in [3.05, 3.63) is 23.5 Å². The predicted molar refractivity (Wildman–Crippen MR) is 60.0 cm³/mol. The van der Waals surface area contributed by atoms with E-state index in [4.69, 9.17) is 14.6 Å². The molecule has 1 rings (SSSR count). The molecule has 0 heterocycles. The zero-order valence-electron chi connectivity index (χ0n) is 9.99. The third-order valence-corrected chi connectivity index (χ3v) is 2.51. The highest BCUT2D eigenvalue weighted by Crippen LogP contribution is 2.32. The summed E-state index contributed by atoms with van der Waals surface area (Å²) >= 11 is 0. The summed E-state index contributed by atoms with van der Waals surface area (Å²) in [6.45, 7) is 1.53. The molecule has 1 aromatic rings. The Kier molecular flexibility index (Phi) is 4.31. The van der Waals surface area contributed by atoms with E-state index in [1.54, 1.807) is 6.07 Å². The van der Waals surface area contributed by atoms with Gasteiger partial charge in [-0.1, -0.05) is 13.0 Å². The number of ether oxygens (including phenoxy) is 2. The van der Waals surface area contributed by atoms with Crippen LogP contribution in [0.1, 0.15) is 12.5 Å². The lowest BCUT2D eigenvalue weighted by molar-refractivity contribution is -0.141. The number of hydrogen-bond donors (Lipinski definition) is 1. The number of hydrogen-bond acceptors (Lipinski definition) is 3. The van der Waals surface area contributed by atoms with Crippen LogP contribution in [0.15, 0.2) is 12.1 Å². The van der Waals surface area contributed by atoms with E-state index in [9.17, 15) is 9.18 Å². The van der Waals surface area contributed by atoms with E-state index in [0.29, 0.717) is 5.56 Å². The number of halogens is 1. The smallest absolute Gasteiger partial charge is 0.306 e. The van der Waals surface area contributed by atoms with Crippen molar-refractivity contribution in [1.82, 2.24) is 0 Å². The van der Waals surface area contributed by atoms with Crippen LogP contribution in [0, 0.1) is 11.7 Å². The second-order valence-electron chi connectivity index (χ2n) is 3.72. The highest BCUT2D eigenvalue weighted by molar-refractivity contribution is 5.70. The van der Waals surface area contributed by atoms with Crippen molar-refractivity contribution in [1.29, 1.82) is 0 Å². The molecular formula is C12H15FO4. The molecule has 0 aliphatic heterocycles. The van der Waals surface area contributed by atoms with Gasteiger partial charge in [0.15, 0.2) is 17.3 Å². The van der Waals surface area contributed by atoms with Gasteiger partial charge in [-0.15, -0.1) is 0 Å². The fourth-order valence-electron chi connectivity index (χ4n) is 1.50. The highest BCUT2D eigenvalue weighted by atomic mass is 19.1. The van der Waals surface area contributed by atoms with E-state index < -0.39 is 17.7 Å². The lowest BCUT2D eigenvalue weighted by atomic mass is 10.0. The number of carboxylic acids is 1. The average molecular weight is 242 g/mol. The summed E-state index contributed by atoms with van der Waals surface area (Å²) in [6, 6.07) is 3.07. The van der Waals surface area contributed by atoms with Gasteiger partial charge >= 0.3 is 5.97 Å². The predicted octanol–water partition coefficient (Wildman–Crippen LogP) is 2.11. The minimum atomic E-state index is -0.959. The fraction of sp³-hybridized carbons (Fsp3) is 0.417. The highest BCUT2D eigenvalue weighted by Gasteiger charge is 2.19. The third-order valence-electron chi connectivity index (χ3n) is 2.51. The Balaban J connectivity index is 3.06. The first-order valence-electron chi connectivity index (χ1n) is 5.13. The summed E-state index contributed by atoms with van der Waals surface area (Å²) < 4.78 is 23.8. The van der Waals surface area contributed by atoms with Crippen LogP contribution in [-0.4, -0.2) is 25.3 Å². The molecule has 0 spiro atoms. The molecule has 0 saturated carbocycles. The molecule has 0 bridgehead atoms. The number of benzene rings is 1. The summed E-state index contributed by atoms with van der Waals surface area (Å²) in [4.78, 5) is 10.7. The molecule has 1 atom stereocenters. The van der Waals surface area contributed by atoms with Crippen LogP contribution < -0.4 is 9.47 Å². The van der Waals surface area contributed by atoms with Gasteiger partial charge in [-0.05, 0) is 18.1 Å². The van der Waals surface area contributed by atoms with E-state index in [2.05, 4.69) is 0 Å². The van der Waals surface area contributed by atoms with Crippen LogP contribution in [0.5, 0.6) is 11.5 Å². The van der Waals surface area contributed by atoms with Crippen LogP contribution in [0.25, 0.3) is 0 Å². The molecule has 1 aromatic carbocycles. The Labute approximate surface area is 99.0 Å². The van der Waals surface area contributed by atoms with Crippen LogP contribution in [0.2, 0.25) is 0 Å². The van der Waals surface area contributed by atoms with E-state index in [-0.39, 0.29) is 17.9 Å². The Morgan fingerprint density at radius 1 is 1.41 bits per heavy atom. The van der Waals surface area contributed by atoms with Gasteiger partial charge in [0, 0.05) is 0 Å². The molecule has 1 N–H and O–H groups in total. The first kappa shape index (κ1) is 13.3. The minimum absolute atomic E-state index is 0.00240. The normalized spacial score (nSPS) is 12.0. The van der Waals surface area contributed by atoms with Crippen molar-refractivity contribution >= 4 is 5.97 Å². The minimum Gasteiger partial charge on any atom is -0.493 e. The molecule has 4 nitrogen and oxygen atoms in total. The largest absolute Gasteiger partial charge is 0.493 e. The maximum absolute atomic E-state index is 13.9. The molecule has 0 amide bonds. The second-order valence-corrected chi connectivity index (χ2v) is 3.72. The molecule has 5 heteroatoms. The monoisotopic (exact) mass is 242 g/mol. The van der Waals surface area contributed by atoms with E-state index in [1.807, 2.05) is 0 Å². The van der Waals surface area contributed by atoms with Crippen molar-refractivity contribution in [2.45, 2.75) is 13.3 Å². The number of carboxylic acid groups (broad SMARTS) is 1. The molecule has 94 valence electrons. The van der Waals surface area contributed by atoms with Gasteiger partial charge in [-0.25, -0.2) is 4.39 Å². The van der Waals surface area contributed by atoms with Crippen LogP contribution in [-0.2, 0) is 11.2 Å². The first-order valence-corrected chi connectivity index (χ1v) is 5.13. The van der Waals surface area contributed by atoms with Crippen LogP contribution in [0.3, 0.4) is 0 Å². The molecule has 0 fully saturated rings. The number of carbonyl (C=O) groups is 1. The van der Waals surface area contributed by atoms with Crippen LogP contribution >= 0.6 is 0 Å². The summed E-state index contributed by atoms with van der Waals surface area (Å²) in [6.07, 6.45) is 0.113. The van der Waals surface area contributed by atoms with E-state index in [0.717, 1.165) is 0 Å². The molecular weight excluding hydrogens is 227 g/mol. The number of methoxy groups -OCH3 is 2. The molecule has 0 radical (unpaired) electrons. The molecule has 0 unspecified atom stereocenters. The van der Waals surface area contributed by atoms with Crippen molar-refractivity contribution < 1.29 is 23.8 Å². The fourth-order valence-corrected chi connectivity index (χ4v) is 1.50. The number of aliphatic carboxylic acids is 1. The lowest BCUT2D eigenvalue weighted by Crippen LogP contribution is -2.13. The molecule has 0 aromatic heterocycles. The van der Waals surface area contributed by atoms with Crippen LogP contribution in [0.4, 0.5) is 4.39 Å². The van der Waals surface area contributed by atoms with Crippen molar-refractivity contribution in [3.63, 3.8) is 0 Å². The maximum atomic E-state index is 13.9. The van der Waals surface area contributed by atoms with Gasteiger partial charge in [0.25, 0.3) is 0 Å². The SMILES string of the molecule is COc1ccc(C[C@@H](C)C(=O)O)c(F)c1OC. The van der Waals surface area contributed by atoms with Crippen molar-refractivity contribution in [3.8, 4) is 11.5 Å². The average Bonchev–Trinajstić information content (AvgIpc) is 2.31. The van der Waals surface area contributed by atoms with E-state index in [1.165, 1.54) is 27.2 Å². The van der Waals surface area contributed by atoms with Gasteiger partial charge < -0.3 is 14.6 Å². The summed E-state index contributed by atoms with van der Waals surface area (Å²) in [5.74, 6) is -1.89. The standard InChI is InChI=1S/C12H15FO4/c1-7(12(14)15)6-8-4-5-9(16-2)11(17-3)10(8)13/h4-5,7H,6H2,1-3H3,(H,14,15)/t7-/m1/s1. The van der Waals surface area contributed by atoms with Gasteiger partial charge in [-0.2, -0.15) is 0 Å². The summed E-state index contributed by atoms with van der Waals surface area (Å²) in [5, 5.41) is 8.78. The lowest BCUT2D eigenvalue weighted by Gasteiger charge is -2.13. The van der Waals surface area contributed by atoms with Gasteiger partial charge in [0.2, 0.25) is 0 Å². The Hall–Kier alpha value is -1.78. The summed E-state index contributed by atoms with van der Waals surface area (Å²) in [7, 11) is 2.75. The maximum Gasteiger partial charge on any atom is 0.306 e. The third kappa shape index (κ3) is 2.87. The van der Waals surface area contributed by atoms with E-state index >= 15 is 0 Å². The molecule has 17 heavy (non-hydrogen) atoms. The number of rotatable bonds is 5. The Bertz CT molecular complexity index is 417. The first-order chi connectivity index (χ1) is 8.01. The van der Waals surface area contributed by atoms with Gasteiger partial charge in [0.1, 0.15) is 0 Å². The quantitative estimate of drug-likeness (QED) is 0.859. The zero-order chi connectivity index (χ0) is 13.0. The Morgan fingerprint density at radius 3 is 2.53 bits per heavy atom. The Morgan fingerprint density at radius 2 is 2.06 bits per heavy atom. The topological polar surface area (TPSA) is 55.8 Å². The van der Waals surface area contributed by atoms with Gasteiger partial charge in [0.05, 0.1) is 20.1 Å². The zero-order valence-corrected chi connectivity index (χ0v) is 9.99. The summed E-state index contributed by atoms with van der Waals surface area (Å²) in [5.41, 5.74) is 0.303. The van der Waals surface area contributed by atoms with Crippen molar-refractivity contribution in [2.24, 2.45) is 5.92 Å². The molecule has 0 saturated heterocycles. The van der Waals surface area contributed by atoms with Crippen molar-refractivity contribution in [2.75, 3.05) is 14.2 Å². The second kappa shape index (κ2) is 5.52. The molecule has 0 aliphatic rings. The van der Waals surface area contributed by atoms with Gasteiger partial charge in [-0.3, -0.25) is 4.79 Å².